The number of benzene rings is 4. The largest absolute Gasteiger partial charge is 0.490 e. The standard InChI is InChI=1S/C34H31FN2O2/c1-2-38-33-20-23(14-19-32(33)39-22-25-8-3-5-12-30(25)35)21-36-26-17-15-24(16-18-26)34-29-11-7-10-27(29)28-9-4-6-13-31(28)37-34/h3-10,12-21,27,29,34,37H,2,11,22H2,1H3/t27-,29-,34+/m1/s1. The van der Waals surface area contributed by atoms with Crippen LogP contribution in [0.4, 0.5) is 15.8 Å². The first-order chi connectivity index (χ1) is 19.2. The van der Waals surface area contributed by atoms with E-state index in [4.69, 9.17) is 14.5 Å². The highest BCUT2D eigenvalue weighted by Crippen LogP contribution is 2.49. The third kappa shape index (κ3) is 5.30. The highest BCUT2D eigenvalue weighted by molar-refractivity contribution is 5.83. The lowest BCUT2D eigenvalue weighted by Crippen LogP contribution is -2.28. The van der Waals surface area contributed by atoms with Crippen molar-refractivity contribution in [2.24, 2.45) is 10.9 Å². The van der Waals surface area contributed by atoms with Crippen molar-refractivity contribution in [2.45, 2.75) is 31.9 Å². The number of hydrogen-bond acceptors (Lipinski definition) is 4. The number of halogens is 1. The maximum atomic E-state index is 14.0. The van der Waals surface area contributed by atoms with Gasteiger partial charge in [-0.15, -0.1) is 0 Å². The molecule has 1 N–H and O–H groups in total. The zero-order valence-electron chi connectivity index (χ0n) is 21.9. The highest BCUT2D eigenvalue weighted by Gasteiger charge is 2.37. The van der Waals surface area contributed by atoms with Gasteiger partial charge in [0.2, 0.25) is 0 Å². The second-order valence-corrected chi connectivity index (χ2v) is 9.93. The molecule has 5 heteroatoms. The fourth-order valence-electron chi connectivity index (χ4n) is 5.55. The molecule has 1 heterocycles. The molecular formula is C34H31FN2O2. The van der Waals surface area contributed by atoms with Crippen molar-refractivity contribution < 1.29 is 13.9 Å². The molecule has 2 aliphatic rings. The third-order valence-corrected chi connectivity index (χ3v) is 7.50. The van der Waals surface area contributed by atoms with E-state index in [1.807, 2.05) is 31.3 Å². The molecule has 4 nitrogen and oxygen atoms in total. The van der Waals surface area contributed by atoms with Gasteiger partial charge in [0, 0.05) is 23.4 Å². The summed E-state index contributed by atoms with van der Waals surface area (Å²) in [4.78, 5) is 4.70. The first-order valence-electron chi connectivity index (χ1n) is 13.5. The van der Waals surface area contributed by atoms with Gasteiger partial charge in [0.05, 0.1) is 18.3 Å². The van der Waals surface area contributed by atoms with Gasteiger partial charge in [-0.3, -0.25) is 4.99 Å². The predicted molar refractivity (Wildman–Crippen MR) is 155 cm³/mol. The molecule has 4 aromatic rings. The Morgan fingerprint density at radius 1 is 0.923 bits per heavy atom. The van der Waals surface area contributed by atoms with Crippen LogP contribution in [0, 0.1) is 11.7 Å². The van der Waals surface area contributed by atoms with E-state index in [1.165, 1.54) is 22.9 Å². The second-order valence-electron chi connectivity index (χ2n) is 9.93. The van der Waals surface area contributed by atoms with Crippen LogP contribution in [-0.4, -0.2) is 12.8 Å². The predicted octanol–water partition coefficient (Wildman–Crippen LogP) is 8.38. The molecule has 196 valence electrons. The van der Waals surface area contributed by atoms with Gasteiger partial charge in [-0.05, 0) is 78.4 Å². The van der Waals surface area contributed by atoms with Crippen molar-refractivity contribution in [3.63, 3.8) is 0 Å². The summed E-state index contributed by atoms with van der Waals surface area (Å²) in [6, 6.07) is 29.7. The number of hydrogen-bond donors (Lipinski definition) is 1. The molecule has 0 saturated carbocycles. The van der Waals surface area contributed by atoms with Crippen LogP contribution in [0.1, 0.15) is 47.6 Å². The van der Waals surface area contributed by atoms with Crippen LogP contribution >= 0.6 is 0 Å². The van der Waals surface area contributed by atoms with E-state index in [0.29, 0.717) is 35.5 Å². The minimum atomic E-state index is -0.283. The lowest BCUT2D eigenvalue weighted by Gasteiger charge is -2.37. The Labute approximate surface area is 228 Å². The molecule has 0 unspecified atom stereocenters. The molecule has 0 aromatic heterocycles. The maximum absolute atomic E-state index is 14.0. The number of rotatable bonds is 8. The number of allylic oxidation sites excluding steroid dienone is 2. The van der Waals surface area contributed by atoms with Gasteiger partial charge >= 0.3 is 0 Å². The van der Waals surface area contributed by atoms with Crippen LogP contribution in [0.15, 0.2) is 108 Å². The van der Waals surface area contributed by atoms with Crippen molar-refractivity contribution in [3.8, 4) is 11.5 Å². The third-order valence-electron chi connectivity index (χ3n) is 7.50. The Bertz CT molecular complexity index is 1510. The molecule has 3 atom stereocenters. The van der Waals surface area contributed by atoms with Crippen molar-refractivity contribution in [3.05, 3.63) is 131 Å². The van der Waals surface area contributed by atoms with Gasteiger partial charge in [-0.1, -0.05) is 60.7 Å². The smallest absolute Gasteiger partial charge is 0.161 e. The lowest BCUT2D eigenvalue weighted by atomic mass is 9.77. The number of nitrogens with zero attached hydrogens (tertiary/aromatic N) is 1. The molecule has 1 aliphatic carbocycles. The Kier molecular flexibility index (Phi) is 7.13. The van der Waals surface area contributed by atoms with Gasteiger partial charge in [0.25, 0.3) is 0 Å². The topological polar surface area (TPSA) is 42.8 Å². The van der Waals surface area contributed by atoms with Gasteiger partial charge in [0.15, 0.2) is 11.5 Å². The van der Waals surface area contributed by atoms with Gasteiger partial charge in [0.1, 0.15) is 12.4 Å². The number of ether oxygens (including phenoxy) is 2. The van der Waals surface area contributed by atoms with Gasteiger partial charge in [-0.25, -0.2) is 4.39 Å². The Morgan fingerprint density at radius 2 is 1.74 bits per heavy atom. The molecule has 0 saturated heterocycles. The molecule has 6 rings (SSSR count). The molecule has 0 radical (unpaired) electrons. The van der Waals surface area contributed by atoms with Crippen LogP contribution < -0.4 is 14.8 Å². The molecule has 0 amide bonds. The van der Waals surface area contributed by atoms with Crippen molar-refractivity contribution in [1.82, 2.24) is 0 Å². The van der Waals surface area contributed by atoms with Gasteiger partial charge in [-0.2, -0.15) is 0 Å². The molecule has 0 fully saturated rings. The number of para-hydroxylation sites is 1. The van der Waals surface area contributed by atoms with Crippen molar-refractivity contribution >= 4 is 17.6 Å². The fourth-order valence-corrected chi connectivity index (χ4v) is 5.55. The SMILES string of the molecule is CCOc1cc(C=Nc2ccc([C@@H]3Nc4ccccc4[C@H]4C=CC[C@H]43)cc2)ccc1OCc1ccccc1F. The second kappa shape index (κ2) is 11.2. The summed E-state index contributed by atoms with van der Waals surface area (Å²) in [6.45, 7) is 2.55. The summed E-state index contributed by atoms with van der Waals surface area (Å²) < 4.78 is 25.7. The van der Waals surface area contributed by atoms with Crippen LogP contribution in [-0.2, 0) is 6.61 Å². The van der Waals surface area contributed by atoms with Crippen LogP contribution in [0.5, 0.6) is 11.5 Å². The van der Waals surface area contributed by atoms with Crippen molar-refractivity contribution in [1.29, 1.82) is 0 Å². The number of fused-ring (bicyclic) bond motifs is 3. The fraction of sp³-hybridized carbons (Fsp3) is 0.206. The average molecular weight is 519 g/mol. The summed E-state index contributed by atoms with van der Waals surface area (Å²) in [7, 11) is 0. The maximum Gasteiger partial charge on any atom is 0.161 e. The number of nitrogens with one attached hydrogen (secondary N) is 1. The molecule has 39 heavy (non-hydrogen) atoms. The summed E-state index contributed by atoms with van der Waals surface area (Å²) >= 11 is 0. The van der Waals surface area contributed by atoms with E-state index in [1.54, 1.807) is 18.2 Å². The Balaban J connectivity index is 1.15. The molecule has 0 bridgehead atoms. The van der Waals surface area contributed by atoms with Crippen LogP contribution in [0.25, 0.3) is 0 Å². The summed E-state index contributed by atoms with van der Waals surface area (Å²) in [5, 5.41) is 3.78. The van der Waals surface area contributed by atoms with E-state index >= 15 is 0 Å². The average Bonchev–Trinajstić information content (AvgIpc) is 3.47. The first kappa shape index (κ1) is 24.9. The van der Waals surface area contributed by atoms with E-state index in [2.05, 4.69) is 66.0 Å². The number of aliphatic imine (C=N–C) groups is 1. The highest BCUT2D eigenvalue weighted by atomic mass is 19.1. The molecule has 4 aromatic carbocycles. The minimum absolute atomic E-state index is 0.131. The zero-order chi connectivity index (χ0) is 26.6. The quantitative estimate of drug-likeness (QED) is 0.188. The molecule has 0 spiro atoms. The van der Waals surface area contributed by atoms with E-state index in [0.717, 1.165) is 17.7 Å². The minimum Gasteiger partial charge on any atom is -0.490 e. The summed E-state index contributed by atoms with van der Waals surface area (Å²) in [5.74, 6) is 1.88. The Morgan fingerprint density at radius 3 is 2.59 bits per heavy atom. The van der Waals surface area contributed by atoms with Gasteiger partial charge < -0.3 is 14.8 Å². The van der Waals surface area contributed by atoms with E-state index in [9.17, 15) is 4.39 Å². The molecular weight excluding hydrogens is 487 g/mol. The lowest BCUT2D eigenvalue weighted by molar-refractivity contribution is 0.266. The summed E-state index contributed by atoms with van der Waals surface area (Å²) in [6.07, 6.45) is 7.59. The number of anilines is 1. The summed E-state index contributed by atoms with van der Waals surface area (Å²) in [5.41, 5.74) is 6.17. The Hall–Kier alpha value is -4.38. The molecule has 1 aliphatic heterocycles. The monoisotopic (exact) mass is 518 g/mol. The van der Waals surface area contributed by atoms with Crippen LogP contribution in [0.3, 0.4) is 0 Å². The van der Waals surface area contributed by atoms with E-state index in [-0.39, 0.29) is 18.5 Å². The zero-order valence-corrected chi connectivity index (χ0v) is 21.9. The first-order valence-corrected chi connectivity index (χ1v) is 13.5. The van der Waals surface area contributed by atoms with E-state index < -0.39 is 0 Å². The van der Waals surface area contributed by atoms with Crippen LogP contribution in [0.2, 0.25) is 0 Å². The van der Waals surface area contributed by atoms with Crippen molar-refractivity contribution in [2.75, 3.05) is 11.9 Å². The normalized spacial score (nSPS) is 19.4.